The standard InChI is InChI=1S/C10H8Cl2FNO3/c1-4(10(16)17)14-9(15)5-2-8(13)7(12)3-6(5)11/h2-4H,1H3,(H,14,15)(H,16,17)/t4-/m1/s1. The Morgan fingerprint density at radius 1 is 1.35 bits per heavy atom. The Bertz CT molecular complexity index is 479. The number of carbonyl (C=O) groups excluding carboxylic acids is 1. The molecule has 0 aliphatic rings. The number of nitrogens with one attached hydrogen (secondary N) is 1. The third kappa shape index (κ3) is 3.31. The molecule has 1 atom stereocenters. The van der Waals surface area contributed by atoms with Crippen LogP contribution in [-0.2, 0) is 4.79 Å². The first-order chi connectivity index (χ1) is 7.82. The van der Waals surface area contributed by atoms with Crippen LogP contribution in [0, 0.1) is 5.82 Å². The lowest BCUT2D eigenvalue weighted by Gasteiger charge is -2.10. The molecule has 0 fully saturated rings. The van der Waals surface area contributed by atoms with Crippen molar-refractivity contribution in [3.8, 4) is 0 Å². The first kappa shape index (κ1) is 13.7. The SMILES string of the molecule is C[C@@H](NC(=O)c1cc(F)c(Cl)cc1Cl)C(=O)O. The summed E-state index contributed by atoms with van der Waals surface area (Å²) in [7, 11) is 0. The van der Waals surface area contributed by atoms with Crippen molar-refractivity contribution >= 4 is 35.1 Å². The van der Waals surface area contributed by atoms with Crippen LogP contribution in [0.3, 0.4) is 0 Å². The second-order valence-corrected chi connectivity index (χ2v) is 4.09. The van der Waals surface area contributed by atoms with Gasteiger partial charge in [-0.05, 0) is 19.1 Å². The molecule has 1 aromatic carbocycles. The molecule has 0 spiro atoms. The molecular weight excluding hydrogens is 272 g/mol. The number of carboxylic acid groups (broad SMARTS) is 1. The monoisotopic (exact) mass is 279 g/mol. The molecule has 0 saturated carbocycles. The van der Waals surface area contributed by atoms with Gasteiger partial charge in [-0.1, -0.05) is 23.2 Å². The summed E-state index contributed by atoms with van der Waals surface area (Å²) in [6.45, 7) is 1.28. The summed E-state index contributed by atoms with van der Waals surface area (Å²) in [5, 5.41) is 10.5. The van der Waals surface area contributed by atoms with Crippen LogP contribution in [-0.4, -0.2) is 23.0 Å². The molecule has 0 bridgehead atoms. The van der Waals surface area contributed by atoms with Gasteiger partial charge < -0.3 is 10.4 Å². The Hall–Kier alpha value is -1.33. The Morgan fingerprint density at radius 2 is 1.94 bits per heavy atom. The molecule has 0 unspecified atom stereocenters. The average Bonchev–Trinajstić information content (AvgIpc) is 2.22. The van der Waals surface area contributed by atoms with Gasteiger partial charge in [0.15, 0.2) is 0 Å². The van der Waals surface area contributed by atoms with Gasteiger partial charge in [0.2, 0.25) is 0 Å². The smallest absolute Gasteiger partial charge is 0.325 e. The zero-order valence-corrected chi connectivity index (χ0v) is 10.1. The van der Waals surface area contributed by atoms with E-state index in [9.17, 15) is 14.0 Å². The fourth-order valence-electron chi connectivity index (χ4n) is 1.03. The third-order valence-corrected chi connectivity index (χ3v) is 2.57. The minimum atomic E-state index is -1.20. The van der Waals surface area contributed by atoms with Crippen molar-refractivity contribution in [2.75, 3.05) is 0 Å². The van der Waals surface area contributed by atoms with E-state index in [1.807, 2.05) is 0 Å². The molecule has 0 aliphatic carbocycles. The number of hydrogen-bond acceptors (Lipinski definition) is 2. The highest BCUT2D eigenvalue weighted by molar-refractivity contribution is 6.36. The largest absolute Gasteiger partial charge is 0.480 e. The number of rotatable bonds is 3. The molecule has 0 aliphatic heterocycles. The van der Waals surface area contributed by atoms with Crippen molar-refractivity contribution in [3.05, 3.63) is 33.6 Å². The summed E-state index contributed by atoms with van der Waals surface area (Å²) < 4.78 is 13.1. The van der Waals surface area contributed by atoms with Crippen LogP contribution in [0.2, 0.25) is 10.0 Å². The summed E-state index contributed by atoms with van der Waals surface area (Å²) in [5.74, 6) is -2.78. The van der Waals surface area contributed by atoms with Crippen molar-refractivity contribution in [2.24, 2.45) is 0 Å². The molecular formula is C10H8Cl2FNO3. The van der Waals surface area contributed by atoms with Gasteiger partial charge in [-0.3, -0.25) is 9.59 Å². The Balaban J connectivity index is 2.97. The van der Waals surface area contributed by atoms with Crippen molar-refractivity contribution in [2.45, 2.75) is 13.0 Å². The number of halogens is 3. The van der Waals surface area contributed by atoms with E-state index < -0.39 is 23.7 Å². The molecule has 2 N–H and O–H groups in total. The predicted molar refractivity (Wildman–Crippen MR) is 61.0 cm³/mol. The second-order valence-electron chi connectivity index (χ2n) is 3.28. The molecule has 4 nitrogen and oxygen atoms in total. The van der Waals surface area contributed by atoms with Crippen LogP contribution >= 0.6 is 23.2 Å². The zero-order chi connectivity index (χ0) is 13.2. The van der Waals surface area contributed by atoms with Gasteiger partial charge in [-0.2, -0.15) is 0 Å². The van der Waals surface area contributed by atoms with E-state index in [1.165, 1.54) is 6.92 Å². The minimum absolute atomic E-state index is 0.0495. The van der Waals surface area contributed by atoms with Crippen molar-refractivity contribution in [1.82, 2.24) is 5.32 Å². The summed E-state index contributed by atoms with van der Waals surface area (Å²) in [6, 6.07) is 0.838. The molecule has 92 valence electrons. The first-order valence-electron chi connectivity index (χ1n) is 4.51. The highest BCUT2D eigenvalue weighted by Gasteiger charge is 2.18. The summed E-state index contributed by atoms with van der Waals surface area (Å²) in [5.41, 5.74) is -0.165. The third-order valence-electron chi connectivity index (χ3n) is 1.97. The van der Waals surface area contributed by atoms with Crippen LogP contribution in [0.15, 0.2) is 12.1 Å². The molecule has 17 heavy (non-hydrogen) atoms. The highest BCUT2D eigenvalue weighted by Crippen LogP contribution is 2.24. The van der Waals surface area contributed by atoms with Gasteiger partial charge in [-0.15, -0.1) is 0 Å². The Morgan fingerprint density at radius 3 is 2.47 bits per heavy atom. The van der Waals surface area contributed by atoms with E-state index >= 15 is 0 Å². The van der Waals surface area contributed by atoms with Gasteiger partial charge in [0.1, 0.15) is 11.9 Å². The minimum Gasteiger partial charge on any atom is -0.480 e. The van der Waals surface area contributed by atoms with E-state index in [2.05, 4.69) is 5.32 Å². The van der Waals surface area contributed by atoms with Crippen LogP contribution in [0.1, 0.15) is 17.3 Å². The maximum Gasteiger partial charge on any atom is 0.325 e. The van der Waals surface area contributed by atoms with Gasteiger partial charge in [0.25, 0.3) is 5.91 Å². The fraction of sp³-hybridized carbons (Fsp3) is 0.200. The lowest BCUT2D eigenvalue weighted by Crippen LogP contribution is -2.38. The van der Waals surface area contributed by atoms with Gasteiger partial charge in [-0.25, -0.2) is 4.39 Å². The van der Waals surface area contributed by atoms with Crippen LogP contribution in [0.5, 0.6) is 0 Å². The van der Waals surface area contributed by atoms with Gasteiger partial charge in [0, 0.05) is 0 Å². The first-order valence-corrected chi connectivity index (χ1v) is 5.26. The van der Waals surface area contributed by atoms with Gasteiger partial charge in [0.05, 0.1) is 15.6 Å². The Labute approximate surface area is 106 Å². The number of carbonyl (C=O) groups is 2. The Kier molecular flexibility index (Phi) is 4.31. The maximum absolute atomic E-state index is 13.1. The lowest BCUT2D eigenvalue weighted by atomic mass is 10.2. The van der Waals surface area contributed by atoms with E-state index in [-0.39, 0.29) is 15.6 Å². The number of carboxylic acids is 1. The quantitative estimate of drug-likeness (QED) is 0.835. The maximum atomic E-state index is 13.1. The number of aliphatic carboxylic acids is 1. The number of benzene rings is 1. The topological polar surface area (TPSA) is 66.4 Å². The molecule has 0 saturated heterocycles. The fourth-order valence-corrected chi connectivity index (χ4v) is 1.50. The average molecular weight is 280 g/mol. The molecule has 7 heteroatoms. The summed E-state index contributed by atoms with van der Waals surface area (Å²) in [4.78, 5) is 22.1. The normalized spacial score (nSPS) is 12.0. The van der Waals surface area contributed by atoms with Crippen molar-refractivity contribution in [1.29, 1.82) is 0 Å². The van der Waals surface area contributed by atoms with E-state index in [4.69, 9.17) is 28.3 Å². The van der Waals surface area contributed by atoms with E-state index in [0.717, 1.165) is 12.1 Å². The molecule has 0 aromatic heterocycles. The van der Waals surface area contributed by atoms with Crippen LogP contribution in [0.25, 0.3) is 0 Å². The van der Waals surface area contributed by atoms with Crippen molar-refractivity contribution < 1.29 is 19.1 Å². The van der Waals surface area contributed by atoms with Crippen LogP contribution in [0.4, 0.5) is 4.39 Å². The molecule has 0 radical (unpaired) electrons. The van der Waals surface area contributed by atoms with E-state index in [0.29, 0.717) is 0 Å². The zero-order valence-electron chi connectivity index (χ0n) is 8.63. The predicted octanol–water partition coefficient (Wildman–Crippen LogP) is 2.34. The molecule has 1 rings (SSSR count). The number of amides is 1. The van der Waals surface area contributed by atoms with E-state index in [1.54, 1.807) is 0 Å². The second kappa shape index (κ2) is 5.33. The van der Waals surface area contributed by atoms with Gasteiger partial charge >= 0.3 is 5.97 Å². The summed E-state index contributed by atoms with van der Waals surface area (Å²) >= 11 is 11.2. The van der Waals surface area contributed by atoms with Crippen molar-refractivity contribution in [3.63, 3.8) is 0 Å². The highest BCUT2D eigenvalue weighted by atomic mass is 35.5. The molecule has 1 amide bonds. The van der Waals surface area contributed by atoms with Crippen LogP contribution < -0.4 is 5.32 Å². The summed E-state index contributed by atoms with van der Waals surface area (Å²) in [6.07, 6.45) is 0. The lowest BCUT2D eigenvalue weighted by molar-refractivity contribution is -0.138. The number of hydrogen-bond donors (Lipinski definition) is 2. The molecule has 0 heterocycles. The molecule has 1 aromatic rings.